The van der Waals surface area contributed by atoms with Crippen LogP contribution in [0.3, 0.4) is 0 Å². The standard InChI is InChI=1S/C22H25N5O2/c1-5-18(23)17-10-24-12(3)16-9-25-20(8-15(16)17)26-19-7-6-14-21(27-19)11(2)13(4)29-22(14)28/h6-11,13,18H,5,23H2,1-4H3,(H,25,26,27)/t11-,13-,18-/m0/s1. The molecule has 0 aliphatic carbocycles. The molecule has 150 valence electrons. The lowest BCUT2D eigenvalue weighted by molar-refractivity contribution is 0.0235. The predicted octanol–water partition coefficient (Wildman–Crippen LogP) is 4.15. The van der Waals surface area contributed by atoms with Gasteiger partial charge in [-0.2, -0.15) is 0 Å². The van der Waals surface area contributed by atoms with Crippen LogP contribution >= 0.6 is 0 Å². The summed E-state index contributed by atoms with van der Waals surface area (Å²) >= 11 is 0. The number of pyridine rings is 3. The Hall–Kier alpha value is -3.06. The third-order valence-electron chi connectivity index (χ3n) is 5.67. The number of carbonyl (C=O) groups excluding carboxylic acids is 1. The number of esters is 1. The third-order valence-corrected chi connectivity index (χ3v) is 5.67. The Balaban J connectivity index is 1.73. The van der Waals surface area contributed by atoms with E-state index in [-0.39, 0.29) is 24.0 Å². The Morgan fingerprint density at radius 2 is 1.97 bits per heavy atom. The topological polar surface area (TPSA) is 103 Å². The van der Waals surface area contributed by atoms with Gasteiger partial charge in [-0.15, -0.1) is 0 Å². The van der Waals surface area contributed by atoms with E-state index in [9.17, 15) is 4.79 Å². The highest BCUT2D eigenvalue weighted by molar-refractivity contribution is 5.92. The van der Waals surface area contributed by atoms with Crippen LogP contribution in [-0.4, -0.2) is 27.0 Å². The number of hydrogen-bond donors (Lipinski definition) is 2. The highest BCUT2D eigenvalue weighted by atomic mass is 16.5. The number of hydrogen-bond acceptors (Lipinski definition) is 7. The van der Waals surface area contributed by atoms with Crippen LogP contribution < -0.4 is 11.1 Å². The lowest BCUT2D eigenvalue weighted by Gasteiger charge is -2.27. The Labute approximate surface area is 169 Å². The summed E-state index contributed by atoms with van der Waals surface area (Å²) in [5, 5.41) is 5.29. The maximum Gasteiger partial charge on any atom is 0.340 e. The summed E-state index contributed by atoms with van der Waals surface area (Å²) in [6.45, 7) is 7.91. The second-order valence-corrected chi connectivity index (χ2v) is 7.58. The predicted molar refractivity (Wildman–Crippen MR) is 112 cm³/mol. The SMILES string of the molecule is CC[C@H](N)c1cnc(C)c2cnc(Nc3ccc4c(n3)[C@@H](C)[C@H](C)OC4=O)cc12. The number of aromatic nitrogens is 3. The number of nitrogens with one attached hydrogen (secondary N) is 1. The highest BCUT2D eigenvalue weighted by Gasteiger charge is 2.31. The molecule has 0 saturated carbocycles. The molecule has 0 unspecified atom stereocenters. The first-order valence-electron chi connectivity index (χ1n) is 9.88. The molecule has 1 aliphatic heterocycles. The monoisotopic (exact) mass is 391 g/mol. The molecule has 29 heavy (non-hydrogen) atoms. The van der Waals surface area contributed by atoms with Crippen molar-refractivity contribution in [1.82, 2.24) is 15.0 Å². The summed E-state index contributed by atoms with van der Waals surface area (Å²) in [6.07, 6.45) is 4.28. The fourth-order valence-electron chi connectivity index (χ4n) is 3.62. The van der Waals surface area contributed by atoms with Crippen molar-refractivity contribution in [3.63, 3.8) is 0 Å². The first-order chi connectivity index (χ1) is 13.9. The van der Waals surface area contributed by atoms with Crippen LogP contribution in [0.25, 0.3) is 10.8 Å². The number of nitrogens with two attached hydrogens (primary N) is 1. The normalized spacial score (nSPS) is 19.6. The Morgan fingerprint density at radius 3 is 2.72 bits per heavy atom. The van der Waals surface area contributed by atoms with Gasteiger partial charge < -0.3 is 15.8 Å². The molecule has 0 bridgehead atoms. The van der Waals surface area contributed by atoms with Gasteiger partial charge in [0.1, 0.15) is 17.7 Å². The van der Waals surface area contributed by atoms with Crippen molar-refractivity contribution in [2.75, 3.05) is 5.32 Å². The second-order valence-electron chi connectivity index (χ2n) is 7.58. The second kappa shape index (κ2) is 7.40. The van der Waals surface area contributed by atoms with Gasteiger partial charge in [0.25, 0.3) is 0 Å². The molecule has 7 heteroatoms. The highest BCUT2D eigenvalue weighted by Crippen LogP contribution is 2.32. The summed E-state index contributed by atoms with van der Waals surface area (Å²) in [5.74, 6) is 1.00. The Kier molecular flexibility index (Phi) is 4.92. The minimum atomic E-state index is -0.324. The van der Waals surface area contributed by atoms with Crippen molar-refractivity contribution < 1.29 is 9.53 Å². The summed E-state index contributed by atoms with van der Waals surface area (Å²) in [5.41, 5.74) is 9.47. The largest absolute Gasteiger partial charge is 0.458 e. The molecular weight excluding hydrogens is 366 g/mol. The lowest BCUT2D eigenvalue weighted by atomic mass is 9.94. The quantitative estimate of drug-likeness (QED) is 0.644. The molecule has 3 atom stereocenters. The van der Waals surface area contributed by atoms with E-state index in [0.29, 0.717) is 17.2 Å². The van der Waals surface area contributed by atoms with E-state index in [2.05, 4.69) is 27.2 Å². The summed E-state index contributed by atoms with van der Waals surface area (Å²) < 4.78 is 5.36. The van der Waals surface area contributed by atoms with E-state index >= 15 is 0 Å². The molecule has 0 saturated heterocycles. The zero-order valence-corrected chi connectivity index (χ0v) is 17.1. The molecule has 0 aromatic carbocycles. The first-order valence-corrected chi connectivity index (χ1v) is 9.88. The number of anilines is 2. The van der Waals surface area contributed by atoms with Crippen LogP contribution in [0.2, 0.25) is 0 Å². The summed E-state index contributed by atoms with van der Waals surface area (Å²) in [6, 6.07) is 5.42. The van der Waals surface area contributed by atoms with E-state index in [4.69, 9.17) is 10.5 Å². The first kappa shape index (κ1) is 19.3. The third kappa shape index (κ3) is 3.42. The maximum absolute atomic E-state index is 12.1. The number of nitrogens with zero attached hydrogens (tertiary/aromatic N) is 3. The molecule has 4 heterocycles. The molecule has 3 aromatic heterocycles. The molecular formula is C22H25N5O2. The van der Waals surface area contributed by atoms with Crippen molar-refractivity contribution >= 4 is 28.4 Å². The fraction of sp³-hybridized carbons (Fsp3) is 0.364. The average molecular weight is 391 g/mol. The van der Waals surface area contributed by atoms with Gasteiger partial charge >= 0.3 is 5.97 Å². The van der Waals surface area contributed by atoms with E-state index in [1.54, 1.807) is 12.1 Å². The number of ether oxygens (including phenoxy) is 1. The van der Waals surface area contributed by atoms with Crippen LogP contribution in [0.1, 0.15) is 66.5 Å². The zero-order chi connectivity index (χ0) is 20.7. The van der Waals surface area contributed by atoms with Gasteiger partial charge in [0, 0.05) is 35.4 Å². The van der Waals surface area contributed by atoms with E-state index < -0.39 is 0 Å². The van der Waals surface area contributed by atoms with E-state index in [1.807, 2.05) is 39.2 Å². The van der Waals surface area contributed by atoms with Gasteiger partial charge in [-0.3, -0.25) is 4.98 Å². The molecule has 3 N–H and O–H groups in total. The molecule has 1 aliphatic rings. The van der Waals surface area contributed by atoms with E-state index in [0.717, 1.165) is 34.1 Å². The van der Waals surface area contributed by atoms with Crippen LogP contribution in [0, 0.1) is 6.92 Å². The molecule has 4 rings (SSSR count). The Bertz CT molecular complexity index is 1100. The molecule has 3 aromatic rings. The number of aryl methyl sites for hydroxylation is 1. The van der Waals surface area contributed by atoms with Crippen molar-refractivity contribution in [3.05, 3.63) is 53.1 Å². The van der Waals surface area contributed by atoms with Crippen molar-refractivity contribution in [1.29, 1.82) is 0 Å². The Morgan fingerprint density at radius 1 is 1.17 bits per heavy atom. The van der Waals surface area contributed by atoms with Gasteiger partial charge in [-0.05, 0) is 49.4 Å². The van der Waals surface area contributed by atoms with Crippen LogP contribution in [0.5, 0.6) is 0 Å². The minimum Gasteiger partial charge on any atom is -0.458 e. The van der Waals surface area contributed by atoms with Crippen molar-refractivity contribution in [2.45, 2.75) is 52.2 Å². The van der Waals surface area contributed by atoms with E-state index in [1.165, 1.54) is 0 Å². The van der Waals surface area contributed by atoms with Crippen molar-refractivity contribution in [2.24, 2.45) is 5.73 Å². The number of cyclic esters (lactones) is 1. The minimum absolute atomic E-state index is 0.0249. The maximum atomic E-state index is 12.1. The van der Waals surface area contributed by atoms with Crippen LogP contribution in [0.15, 0.2) is 30.6 Å². The summed E-state index contributed by atoms with van der Waals surface area (Å²) in [7, 11) is 0. The molecule has 0 spiro atoms. The molecule has 0 radical (unpaired) electrons. The number of rotatable bonds is 4. The lowest BCUT2D eigenvalue weighted by Crippen LogP contribution is -2.29. The molecule has 0 amide bonds. The van der Waals surface area contributed by atoms with Crippen molar-refractivity contribution in [3.8, 4) is 0 Å². The van der Waals surface area contributed by atoms with Gasteiger partial charge in [-0.25, -0.2) is 14.8 Å². The zero-order valence-electron chi connectivity index (χ0n) is 17.1. The number of fused-ring (bicyclic) bond motifs is 2. The van der Waals surface area contributed by atoms with Gasteiger partial charge in [0.05, 0.1) is 11.3 Å². The smallest absolute Gasteiger partial charge is 0.340 e. The average Bonchev–Trinajstić information content (AvgIpc) is 2.72. The summed E-state index contributed by atoms with van der Waals surface area (Å²) in [4.78, 5) is 25.8. The fourth-order valence-corrected chi connectivity index (χ4v) is 3.62. The van der Waals surface area contributed by atoms with Crippen LogP contribution in [-0.2, 0) is 4.74 Å². The molecule has 7 nitrogen and oxygen atoms in total. The van der Waals surface area contributed by atoms with Gasteiger partial charge in [0.2, 0.25) is 0 Å². The van der Waals surface area contributed by atoms with Gasteiger partial charge in [-0.1, -0.05) is 13.8 Å². The van der Waals surface area contributed by atoms with Gasteiger partial charge in [0.15, 0.2) is 0 Å². The number of carbonyl (C=O) groups is 1. The molecule has 0 fully saturated rings. The van der Waals surface area contributed by atoms with Crippen LogP contribution in [0.4, 0.5) is 11.6 Å².